The van der Waals surface area contributed by atoms with Crippen molar-refractivity contribution in [1.29, 1.82) is 0 Å². The molecule has 2 atom stereocenters. The van der Waals surface area contributed by atoms with Gasteiger partial charge in [0.2, 0.25) is 0 Å². The summed E-state index contributed by atoms with van der Waals surface area (Å²) in [5.41, 5.74) is 1.37. The number of hydrogen-bond acceptors (Lipinski definition) is 6. The molecular formula is C37H40Cl2N4O5SSi. The monoisotopic (exact) mass is 750 g/mol. The summed E-state index contributed by atoms with van der Waals surface area (Å²) >= 11 is 14.0. The van der Waals surface area contributed by atoms with Crippen LogP contribution in [0, 0.1) is 0 Å². The Morgan fingerprint density at radius 2 is 1.68 bits per heavy atom. The third-order valence-electron chi connectivity index (χ3n) is 9.21. The van der Waals surface area contributed by atoms with E-state index >= 15 is 0 Å². The Morgan fingerprint density at radius 3 is 2.28 bits per heavy atom. The summed E-state index contributed by atoms with van der Waals surface area (Å²) in [6.07, 6.45) is -0.396. The van der Waals surface area contributed by atoms with E-state index < -0.39 is 20.5 Å². The number of carbonyl (C=O) groups is 3. The predicted molar refractivity (Wildman–Crippen MR) is 202 cm³/mol. The Morgan fingerprint density at radius 1 is 1.00 bits per heavy atom. The normalized spacial score (nSPS) is 18.2. The van der Waals surface area contributed by atoms with Crippen molar-refractivity contribution < 1.29 is 23.5 Å². The summed E-state index contributed by atoms with van der Waals surface area (Å²) in [4.78, 5) is 42.4. The van der Waals surface area contributed by atoms with Crippen molar-refractivity contribution in [2.75, 3.05) is 37.7 Å². The van der Waals surface area contributed by atoms with E-state index in [1.165, 1.54) is 26.6 Å². The molecule has 2 fully saturated rings. The molecular weight excluding hydrogens is 711 g/mol. The molecule has 0 bridgehead atoms. The smallest absolute Gasteiger partial charge is 0.414 e. The van der Waals surface area contributed by atoms with Gasteiger partial charge >= 0.3 is 12.1 Å². The molecule has 2 saturated heterocycles. The quantitative estimate of drug-likeness (QED) is 0.164. The van der Waals surface area contributed by atoms with Crippen LogP contribution >= 0.6 is 34.5 Å². The highest BCUT2D eigenvalue weighted by molar-refractivity contribution is 7.18. The van der Waals surface area contributed by atoms with Gasteiger partial charge in [-0.15, -0.1) is 11.3 Å². The topological polar surface area (TPSA) is 100 Å². The molecule has 0 spiro atoms. The number of nitrogens with one attached hydrogen (secondary N) is 2. The molecule has 3 heterocycles. The fourth-order valence-electron chi connectivity index (χ4n) is 6.88. The molecule has 3 aromatic carbocycles. The molecule has 2 aliphatic rings. The van der Waals surface area contributed by atoms with Crippen LogP contribution in [0.1, 0.15) is 48.5 Å². The second-order valence-corrected chi connectivity index (χ2v) is 19.8. The number of hydrogen-bond donors (Lipinski definition) is 2. The Kier molecular flexibility index (Phi) is 10.9. The van der Waals surface area contributed by atoms with Gasteiger partial charge in [0, 0.05) is 23.8 Å². The average Bonchev–Trinajstić information content (AvgIpc) is 3.71. The zero-order valence-electron chi connectivity index (χ0n) is 28.2. The van der Waals surface area contributed by atoms with Crippen molar-refractivity contribution in [3.8, 4) is 0 Å². The first kappa shape index (κ1) is 35.9. The first-order chi connectivity index (χ1) is 24.0. The van der Waals surface area contributed by atoms with Crippen LogP contribution in [-0.2, 0) is 9.16 Å². The summed E-state index contributed by atoms with van der Waals surface area (Å²) in [5, 5.41) is 8.39. The first-order valence-corrected chi connectivity index (χ1v) is 20.1. The van der Waals surface area contributed by atoms with Crippen LogP contribution in [0.2, 0.25) is 14.4 Å². The number of halogens is 2. The van der Waals surface area contributed by atoms with E-state index in [1.54, 1.807) is 23.1 Å². The third kappa shape index (κ3) is 7.43. The average molecular weight is 752 g/mol. The largest absolute Gasteiger partial charge is 0.442 e. The molecule has 1 aromatic heterocycles. The number of carbonyl (C=O) groups excluding carboxylic acids is 3. The number of thiophene rings is 1. The number of nitrogens with zero attached hydrogens (tertiary/aromatic N) is 2. The van der Waals surface area contributed by atoms with Gasteiger partial charge in [-0.05, 0) is 51.7 Å². The molecule has 0 saturated carbocycles. The number of anilines is 1. The zero-order valence-corrected chi connectivity index (χ0v) is 31.5. The minimum atomic E-state index is -2.79. The lowest BCUT2D eigenvalue weighted by Crippen LogP contribution is -2.67. The maximum atomic E-state index is 13.4. The molecule has 50 heavy (non-hydrogen) atoms. The van der Waals surface area contributed by atoms with Crippen molar-refractivity contribution in [1.82, 2.24) is 15.5 Å². The number of amides is 4. The number of ether oxygens (including phenoxy) is 1. The fourth-order valence-corrected chi connectivity index (χ4v) is 12.7. The van der Waals surface area contributed by atoms with Crippen LogP contribution in [0.15, 0.2) is 91.0 Å². The molecule has 4 aromatic rings. The first-order valence-electron chi connectivity index (χ1n) is 16.6. The van der Waals surface area contributed by atoms with Crippen molar-refractivity contribution in [3.05, 3.63) is 111 Å². The van der Waals surface area contributed by atoms with E-state index in [2.05, 4.69) is 79.9 Å². The minimum absolute atomic E-state index is 0.157. The Hall–Kier alpha value is -3.87. The Balaban J connectivity index is 1.16. The predicted octanol–water partition coefficient (Wildman–Crippen LogP) is 6.84. The van der Waals surface area contributed by atoms with Crippen molar-refractivity contribution >= 4 is 76.9 Å². The van der Waals surface area contributed by atoms with Crippen LogP contribution in [-0.4, -0.2) is 70.1 Å². The van der Waals surface area contributed by atoms with Gasteiger partial charge in [-0.1, -0.05) is 111 Å². The van der Waals surface area contributed by atoms with E-state index in [1.807, 2.05) is 24.3 Å². The van der Waals surface area contributed by atoms with Gasteiger partial charge in [0.15, 0.2) is 0 Å². The van der Waals surface area contributed by atoms with Gasteiger partial charge in [-0.2, -0.15) is 0 Å². The van der Waals surface area contributed by atoms with Crippen LogP contribution in [0.5, 0.6) is 0 Å². The van der Waals surface area contributed by atoms with E-state index in [0.717, 1.165) is 5.56 Å². The highest BCUT2D eigenvalue weighted by Gasteiger charge is 2.50. The van der Waals surface area contributed by atoms with Crippen LogP contribution < -0.4 is 25.9 Å². The SMILES string of the molecule is CC(C)(C)[Si](OCCN1C(=O)NCCC1c1ccc(N2C[C@H](CNC(=O)c3ccc(Cl)s3)OC2=O)cc1Cl)(c1ccccc1)c1ccccc1. The highest BCUT2D eigenvalue weighted by Crippen LogP contribution is 2.38. The lowest BCUT2D eigenvalue weighted by atomic mass is 9.99. The molecule has 4 amide bonds. The lowest BCUT2D eigenvalue weighted by molar-refractivity contribution is 0.0920. The van der Waals surface area contributed by atoms with Crippen LogP contribution in [0.3, 0.4) is 0 Å². The van der Waals surface area contributed by atoms with Gasteiger partial charge < -0.3 is 24.7 Å². The molecule has 2 aliphatic heterocycles. The summed E-state index contributed by atoms with van der Waals surface area (Å²) in [6.45, 7) is 8.30. The van der Waals surface area contributed by atoms with E-state index in [-0.39, 0.29) is 36.1 Å². The van der Waals surface area contributed by atoms with E-state index in [0.29, 0.717) is 46.0 Å². The highest BCUT2D eigenvalue weighted by atomic mass is 35.5. The Labute approximate surface area is 307 Å². The number of benzene rings is 3. The van der Waals surface area contributed by atoms with Gasteiger partial charge in [-0.3, -0.25) is 9.69 Å². The molecule has 9 nitrogen and oxygen atoms in total. The summed E-state index contributed by atoms with van der Waals surface area (Å²) in [6, 6.07) is 29.1. The third-order valence-corrected chi connectivity index (χ3v) is 15.8. The molecule has 0 radical (unpaired) electrons. The maximum Gasteiger partial charge on any atom is 0.414 e. The van der Waals surface area contributed by atoms with Gasteiger partial charge in [0.05, 0.1) is 35.0 Å². The Bertz CT molecular complexity index is 1800. The number of cyclic esters (lactones) is 1. The van der Waals surface area contributed by atoms with Crippen molar-refractivity contribution in [2.24, 2.45) is 0 Å². The number of urea groups is 1. The summed E-state index contributed by atoms with van der Waals surface area (Å²) < 4.78 is 13.2. The summed E-state index contributed by atoms with van der Waals surface area (Å²) in [7, 11) is -2.79. The van der Waals surface area contributed by atoms with E-state index in [9.17, 15) is 14.4 Å². The molecule has 0 aliphatic carbocycles. The van der Waals surface area contributed by atoms with Gasteiger partial charge in [-0.25, -0.2) is 9.59 Å². The standard InChI is InChI=1S/C37H40Cl2N4O5SSi/c1-37(2,3)50(27-10-6-4-7-11-27,28-12-8-5-9-13-28)47-21-20-42-31(18-19-40-35(42)45)29-15-14-25(22-30(29)38)43-24-26(48-36(43)46)23-41-34(44)32-16-17-33(39)49-32/h4-17,22,26,31H,18-21,23-24H2,1-3H3,(H,40,45)(H,41,44)/t26-,31?/m0/s1. The molecule has 262 valence electrons. The van der Waals surface area contributed by atoms with Gasteiger partial charge in [0.25, 0.3) is 14.2 Å². The van der Waals surface area contributed by atoms with E-state index in [4.69, 9.17) is 32.4 Å². The molecule has 2 N–H and O–H groups in total. The van der Waals surface area contributed by atoms with Crippen LogP contribution in [0.25, 0.3) is 0 Å². The van der Waals surface area contributed by atoms with Gasteiger partial charge in [0.1, 0.15) is 6.10 Å². The molecule has 1 unspecified atom stereocenters. The summed E-state index contributed by atoms with van der Waals surface area (Å²) in [5.74, 6) is -0.276. The zero-order chi connectivity index (χ0) is 35.5. The van der Waals surface area contributed by atoms with Crippen LogP contribution in [0.4, 0.5) is 15.3 Å². The fraction of sp³-hybridized carbons (Fsp3) is 0.324. The maximum absolute atomic E-state index is 13.4. The van der Waals surface area contributed by atoms with Crippen molar-refractivity contribution in [2.45, 2.75) is 44.4 Å². The lowest BCUT2D eigenvalue weighted by Gasteiger charge is -2.44. The second-order valence-electron chi connectivity index (χ2n) is 13.4. The minimum Gasteiger partial charge on any atom is -0.442 e. The second kappa shape index (κ2) is 15.2. The molecule has 13 heteroatoms. The number of rotatable bonds is 11. The molecule has 6 rings (SSSR count). The van der Waals surface area contributed by atoms with Crippen molar-refractivity contribution in [3.63, 3.8) is 0 Å².